The number of carbonyl (C=O) groups is 1. The first-order chi connectivity index (χ1) is 15.3. The highest BCUT2D eigenvalue weighted by molar-refractivity contribution is 7.84. The zero-order valence-corrected chi connectivity index (χ0v) is 18.7. The third-order valence-corrected chi connectivity index (χ3v) is 7.23. The number of anilines is 1. The monoisotopic (exact) mass is 459 g/mol. The molecule has 0 radical (unpaired) electrons. The summed E-state index contributed by atoms with van der Waals surface area (Å²) in [5, 5.41) is 0. The summed E-state index contributed by atoms with van der Waals surface area (Å²) >= 11 is 0. The number of para-hydroxylation sites is 1. The third-order valence-electron chi connectivity index (χ3n) is 5.82. The van der Waals surface area contributed by atoms with Gasteiger partial charge in [0.1, 0.15) is 11.6 Å². The largest absolute Gasteiger partial charge is 0.385 e. The molecule has 0 N–H and O–H groups in total. The summed E-state index contributed by atoms with van der Waals surface area (Å²) < 4.78 is 47.5. The molecule has 1 aliphatic heterocycles. The van der Waals surface area contributed by atoms with E-state index >= 15 is 0 Å². The maximum atomic E-state index is 15.0. The van der Waals surface area contributed by atoms with Crippen molar-refractivity contribution in [2.75, 3.05) is 18.0 Å². The second kappa shape index (κ2) is 9.30. The van der Waals surface area contributed by atoms with Crippen LogP contribution in [0.15, 0.2) is 60.9 Å². The molecule has 0 atom stereocenters. The molecule has 0 bridgehead atoms. The highest BCUT2D eigenvalue weighted by atomic mass is 32.2. The van der Waals surface area contributed by atoms with Crippen LogP contribution >= 0.6 is 0 Å². The van der Waals surface area contributed by atoms with E-state index in [1.807, 2.05) is 4.90 Å². The van der Waals surface area contributed by atoms with Crippen molar-refractivity contribution in [3.05, 3.63) is 72.3 Å². The Morgan fingerprint density at radius 3 is 2.44 bits per heavy atom. The van der Waals surface area contributed by atoms with Crippen LogP contribution in [0.3, 0.4) is 0 Å². The number of amides is 1. The molecule has 170 valence electrons. The molecule has 0 unspecified atom stereocenters. The molecule has 1 aliphatic carbocycles. The number of hydrogen-bond acceptors (Lipinski definition) is 5. The van der Waals surface area contributed by atoms with Gasteiger partial charge in [-0.1, -0.05) is 30.7 Å². The number of halogens is 1. The van der Waals surface area contributed by atoms with E-state index in [0.29, 0.717) is 18.8 Å². The molecule has 0 aromatic heterocycles. The number of rotatable bonds is 7. The van der Waals surface area contributed by atoms with Crippen LogP contribution in [0.4, 0.5) is 10.1 Å². The Morgan fingerprint density at radius 2 is 1.88 bits per heavy atom. The van der Waals surface area contributed by atoms with E-state index in [4.69, 9.17) is 4.18 Å². The fraction of sp³-hybridized carbons (Fsp3) is 0.348. The van der Waals surface area contributed by atoms with E-state index in [1.165, 1.54) is 17.3 Å². The molecular weight excluding hydrogens is 433 g/mol. The van der Waals surface area contributed by atoms with Crippen LogP contribution in [0.1, 0.15) is 31.7 Å². The SMILES string of the molecule is CC(=O)N1C=CN(c2ccc(CN(C3CCC3)S(=O)(=O)Oc3ccccc3)c(F)c2)CC1. The van der Waals surface area contributed by atoms with E-state index in [0.717, 1.165) is 19.3 Å². The molecule has 2 aromatic carbocycles. The van der Waals surface area contributed by atoms with Crippen molar-refractivity contribution in [3.63, 3.8) is 0 Å². The smallest absolute Gasteiger partial charge is 0.371 e. The summed E-state index contributed by atoms with van der Waals surface area (Å²) in [4.78, 5) is 14.9. The van der Waals surface area contributed by atoms with Gasteiger partial charge in [-0.25, -0.2) is 4.39 Å². The van der Waals surface area contributed by atoms with Gasteiger partial charge in [-0.3, -0.25) is 4.79 Å². The van der Waals surface area contributed by atoms with Gasteiger partial charge < -0.3 is 14.0 Å². The minimum atomic E-state index is -4.09. The lowest BCUT2D eigenvalue weighted by Crippen LogP contribution is -2.45. The molecule has 7 nitrogen and oxygen atoms in total. The summed E-state index contributed by atoms with van der Waals surface area (Å²) in [5.74, 6) is -0.300. The topological polar surface area (TPSA) is 70.2 Å². The van der Waals surface area contributed by atoms with Crippen LogP contribution in [0.25, 0.3) is 0 Å². The van der Waals surface area contributed by atoms with E-state index in [9.17, 15) is 17.6 Å². The Kier molecular flexibility index (Phi) is 6.48. The summed E-state index contributed by atoms with van der Waals surface area (Å²) in [7, 11) is -4.09. The molecule has 0 spiro atoms. The second-order valence-electron chi connectivity index (χ2n) is 7.96. The van der Waals surface area contributed by atoms with Gasteiger partial charge in [0.15, 0.2) is 0 Å². The fourth-order valence-electron chi connectivity index (χ4n) is 3.72. The Bertz CT molecular complexity index is 1100. The van der Waals surface area contributed by atoms with Gasteiger partial charge in [0.2, 0.25) is 5.91 Å². The van der Waals surface area contributed by atoms with Crippen LogP contribution in [-0.4, -0.2) is 42.7 Å². The van der Waals surface area contributed by atoms with Crippen molar-refractivity contribution in [2.24, 2.45) is 0 Å². The van der Waals surface area contributed by atoms with E-state index in [2.05, 4.69) is 0 Å². The maximum absolute atomic E-state index is 15.0. The lowest BCUT2D eigenvalue weighted by Gasteiger charge is -2.35. The average Bonchev–Trinajstić information content (AvgIpc) is 2.73. The molecule has 1 amide bonds. The highest BCUT2D eigenvalue weighted by Crippen LogP contribution is 2.31. The average molecular weight is 460 g/mol. The van der Waals surface area contributed by atoms with Crippen molar-refractivity contribution in [3.8, 4) is 5.75 Å². The molecule has 1 heterocycles. The summed E-state index contributed by atoms with van der Waals surface area (Å²) in [5.41, 5.74) is 0.927. The summed E-state index contributed by atoms with van der Waals surface area (Å²) in [6.07, 6.45) is 5.79. The fourth-order valence-corrected chi connectivity index (χ4v) is 5.05. The minimum absolute atomic E-state index is 0.0440. The Labute approximate surface area is 187 Å². The predicted molar refractivity (Wildman–Crippen MR) is 119 cm³/mol. The molecule has 2 aliphatic rings. The zero-order chi connectivity index (χ0) is 22.7. The maximum Gasteiger partial charge on any atom is 0.385 e. The standard InChI is InChI=1S/C23H26FN3O4S/c1-18(28)25-12-14-26(15-13-25)21-11-10-19(23(24)16-21)17-27(20-6-5-7-20)32(29,30)31-22-8-3-2-4-9-22/h2-4,8-12,14,16,20H,5-7,13,15,17H2,1H3. The minimum Gasteiger partial charge on any atom is -0.371 e. The van der Waals surface area contributed by atoms with Crippen molar-refractivity contribution in [1.82, 2.24) is 9.21 Å². The Balaban J connectivity index is 1.52. The molecule has 4 rings (SSSR count). The summed E-state index contributed by atoms with van der Waals surface area (Å²) in [6, 6.07) is 12.9. The van der Waals surface area contributed by atoms with Gasteiger partial charge in [-0.05, 0) is 37.1 Å². The van der Waals surface area contributed by atoms with Gasteiger partial charge in [-0.15, -0.1) is 0 Å². The van der Waals surface area contributed by atoms with Crippen LogP contribution in [-0.2, 0) is 21.6 Å². The van der Waals surface area contributed by atoms with Gasteiger partial charge in [0, 0.05) is 56.3 Å². The molecule has 32 heavy (non-hydrogen) atoms. The Morgan fingerprint density at radius 1 is 1.12 bits per heavy atom. The summed E-state index contributed by atoms with van der Waals surface area (Å²) in [6.45, 7) is 2.46. The quantitative estimate of drug-likeness (QED) is 0.632. The van der Waals surface area contributed by atoms with Crippen molar-refractivity contribution in [2.45, 2.75) is 38.8 Å². The molecule has 1 saturated carbocycles. The van der Waals surface area contributed by atoms with Gasteiger partial charge in [0.05, 0.1) is 0 Å². The van der Waals surface area contributed by atoms with Gasteiger partial charge in [-0.2, -0.15) is 12.7 Å². The number of carbonyl (C=O) groups excluding carboxylic acids is 1. The lowest BCUT2D eigenvalue weighted by atomic mass is 9.93. The van der Waals surface area contributed by atoms with Crippen LogP contribution in [0.2, 0.25) is 0 Å². The van der Waals surface area contributed by atoms with Crippen LogP contribution < -0.4 is 9.08 Å². The first-order valence-corrected chi connectivity index (χ1v) is 12.0. The van der Waals surface area contributed by atoms with Gasteiger partial charge >= 0.3 is 10.3 Å². The van der Waals surface area contributed by atoms with E-state index in [-0.39, 0.29) is 29.8 Å². The van der Waals surface area contributed by atoms with Crippen LogP contribution in [0.5, 0.6) is 5.75 Å². The normalized spacial score (nSPS) is 16.8. The third kappa shape index (κ3) is 4.94. The predicted octanol–water partition coefficient (Wildman–Crippen LogP) is 3.64. The number of benzene rings is 2. The van der Waals surface area contributed by atoms with Crippen molar-refractivity contribution >= 4 is 21.9 Å². The van der Waals surface area contributed by atoms with E-state index < -0.39 is 16.1 Å². The van der Waals surface area contributed by atoms with Crippen molar-refractivity contribution < 1.29 is 21.8 Å². The van der Waals surface area contributed by atoms with Crippen molar-refractivity contribution in [1.29, 1.82) is 0 Å². The Hall–Kier alpha value is -2.91. The van der Waals surface area contributed by atoms with Crippen LogP contribution in [0, 0.1) is 5.82 Å². The zero-order valence-electron chi connectivity index (χ0n) is 17.9. The first kappa shape index (κ1) is 22.3. The molecule has 0 saturated heterocycles. The number of nitrogens with zero attached hydrogens (tertiary/aromatic N) is 3. The first-order valence-electron chi connectivity index (χ1n) is 10.6. The highest BCUT2D eigenvalue weighted by Gasteiger charge is 2.36. The number of hydrogen-bond donors (Lipinski definition) is 0. The molecule has 1 fully saturated rings. The van der Waals surface area contributed by atoms with Gasteiger partial charge in [0.25, 0.3) is 0 Å². The lowest BCUT2D eigenvalue weighted by molar-refractivity contribution is -0.126. The molecule has 2 aromatic rings. The molecular formula is C23H26FN3O4S. The second-order valence-corrected chi connectivity index (χ2v) is 9.45. The van der Waals surface area contributed by atoms with E-state index in [1.54, 1.807) is 59.8 Å². The molecule has 9 heteroatoms.